The van der Waals surface area contributed by atoms with Crippen LogP contribution in [0, 0.1) is 0 Å². The molecule has 2 unspecified atom stereocenters. The summed E-state index contributed by atoms with van der Waals surface area (Å²) in [6.07, 6.45) is 0. The van der Waals surface area contributed by atoms with E-state index in [1.54, 1.807) is 0 Å². The van der Waals surface area contributed by atoms with Crippen LogP contribution in [0.1, 0.15) is 0 Å². The monoisotopic (exact) mass is 380 g/mol. The smallest absolute Gasteiger partial charge is 0.382 e. The maximum Gasteiger partial charge on any atom is 0.382 e. The minimum atomic E-state index is -7.28. The van der Waals surface area contributed by atoms with Crippen molar-refractivity contribution >= 4 is 11.9 Å². The van der Waals surface area contributed by atoms with E-state index in [0.717, 1.165) is 0 Å². The van der Waals surface area contributed by atoms with Crippen molar-refractivity contribution in [2.75, 3.05) is 14.2 Å². The van der Waals surface area contributed by atoms with Gasteiger partial charge in [0.2, 0.25) is 0 Å². The Morgan fingerprint density at radius 3 is 0.917 bits per heavy atom. The van der Waals surface area contributed by atoms with Gasteiger partial charge in [0.15, 0.2) is 0 Å². The number of esters is 2. The van der Waals surface area contributed by atoms with Crippen LogP contribution in [0.4, 0.5) is 43.9 Å². The Morgan fingerprint density at radius 1 is 0.542 bits per heavy atom. The lowest BCUT2D eigenvalue weighted by Gasteiger charge is -2.52. The zero-order chi connectivity index (χ0) is 19.6. The van der Waals surface area contributed by atoms with Crippen molar-refractivity contribution in [2.24, 2.45) is 0 Å². The first-order valence-corrected chi connectivity index (χ1v) is 5.52. The summed E-state index contributed by atoms with van der Waals surface area (Å²) in [5.41, 5.74) is -13.1. The molecule has 14 heteroatoms. The Bertz CT molecular complexity index is 526. The number of carbonyl (C=O) groups is 2. The number of halogens is 10. The molecule has 24 heavy (non-hydrogen) atoms. The van der Waals surface area contributed by atoms with Crippen molar-refractivity contribution in [1.82, 2.24) is 0 Å². The number of carbonyl (C=O) groups excluding carboxylic acids is 2. The molecule has 0 aromatic carbocycles. The molecule has 4 nitrogen and oxygen atoms in total. The van der Waals surface area contributed by atoms with Crippen LogP contribution in [-0.4, -0.2) is 61.2 Å². The van der Waals surface area contributed by atoms with Gasteiger partial charge in [-0.05, 0) is 0 Å². The lowest BCUT2D eigenvalue weighted by atomic mass is 9.65. The molecule has 1 aliphatic carbocycles. The second-order valence-corrected chi connectivity index (χ2v) is 4.60. The highest BCUT2D eigenvalue weighted by Crippen LogP contribution is 2.69. The van der Waals surface area contributed by atoms with Gasteiger partial charge in [-0.3, -0.25) is 0 Å². The summed E-state index contributed by atoms with van der Waals surface area (Å²) >= 11 is 0. The van der Waals surface area contributed by atoms with Gasteiger partial charge >= 0.3 is 47.0 Å². The lowest BCUT2D eigenvalue weighted by molar-refractivity contribution is -0.451. The summed E-state index contributed by atoms with van der Waals surface area (Å²) < 4.78 is 142. The predicted octanol–water partition coefficient (Wildman–Crippen LogP) is 2.30. The molecule has 0 N–H and O–H groups in total. The van der Waals surface area contributed by atoms with Gasteiger partial charge in [0.1, 0.15) is 0 Å². The summed E-state index contributed by atoms with van der Waals surface area (Å²) in [5, 5.41) is 0. The molecule has 1 saturated carbocycles. The molecule has 140 valence electrons. The molecule has 0 aliphatic heterocycles. The molecule has 2 atom stereocenters. The second-order valence-electron chi connectivity index (χ2n) is 4.60. The average Bonchev–Trinajstić information content (AvgIpc) is 2.49. The molecule has 0 aromatic rings. The van der Waals surface area contributed by atoms with Gasteiger partial charge in [0, 0.05) is 0 Å². The number of alkyl halides is 10. The van der Waals surface area contributed by atoms with Gasteiger partial charge in [0.05, 0.1) is 14.2 Å². The maximum absolute atomic E-state index is 14.4. The van der Waals surface area contributed by atoms with Crippen molar-refractivity contribution < 1.29 is 63.0 Å². The first-order chi connectivity index (χ1) is 10.5. The van der Waals surface area contributed by atoms with E-state index in [2.05, 4.69) is 9.47 Å². The van der Waals surface area contributed by atoms with E-state index in [0.29, 0.717) is 0 Å². The zero-order valence-corrected chi connectivity index (χ0v) is 11.4. The van der Waals surface area contributed by atoms with Crippen LogP contribution >= 0.6 is 0 Å². The number of methoxy groups -OCH3 is 2. The Labute approximate surface area is 125 Å². The molecule has 0 aromatic heterocycles. The highest BCUT2D eigenvalue weighted by Gasteiger charge is 3.04. The van der Waals surface area contributed by atoms with Crippen LogP contribution in [0.3, 0.4) is 0 Å². The van der Waals surface area contributed by atoms with Gasteiger partial charge in [-0.25, -0.2) is 18.4 Å². The number of rotatable bonds is 2. The lowest BCUT2D eigenvalue weighted by Crippen LogP contribution is -2.88. The van der Waals surface area contributed by atoms with Crippen LogP contribution in [0.2, 0.25) is 0 Å². The average molecular weight is 380 g/mol. The largest absolute Gasteiger partial charge is 0.466 e. The van der Waals surface area contributed by atoms with Crippen LogP contribution in [0.5, 0.6) is 0 Å². The normalized spacial score (nSPS) is 35.8. The van der Waals surface area contributed by atoms with E-state index in [9.17, 15) is 53.5 Å². The quantitative estimate of drug-likeness (QED) is 0.545. The predicted molar refractivity (Wildman–Crippen MR) is 51.5 cm³/mol. The number of ether oxygens (including phenoxy) is 2. The van der Waals surface area contributed by atoms with Crippen molar-refractivity contribution in [3.8, 4) is 0 Å². The fourth-order valence-corrected chi connectivity index (χ4v) is 2.08. The standard InChI is InChI=1S/C10H6F10O4/c1-23-3(21)5(11)6(12,4(22)24-2)8(15,16)10(19,20)9(17,18)7(5,13)14/h1-2H3. The van der Waals surface area contributed by atoms with Gasteiger partial charge in [0.25, 0.3) is 0 Å². The minimum Gasteiger partial charge on any atom is -0.466 e. The molecule has 1 fully saturated rings. The third-order valence-electron chi connectivity index (χ3n) is 3.46. The molecule has 1 aliphatic rings. The minimum absolute atomic E-state index is 0.0273. The summed E-state index contributed by atoms with van der Waals surface area (Å²) in [7, 11) is -0.0546. The molecule has 0 spiro atoms. The van der Waals surface area contributed by atoms with Crippen LogP contribution < -0.4 is 0 Å². The van der Waals surface area contributed by atoms with E-state index < -0.39 is 47.0 Å². The van der Waals surface area contributed by atoms with Gasteiger partial charge in [-0.2, -0.15) is 35.1 Å². The fraction of sp³-hybridized carbons (Fsp3) is 0.800. The van der Waals surface area contributed by atoms with E-state index in [4.69, 9.17) is 0 Å². The molecular formula is C10H6F10O4. The molecule has 1 rings (SSSR count). The highest BCUT2D eigenvalue weighted by atomic mass is 19.4. The highest BCUT2D eigenvalue weighted by molar-refractivity contribution is 5.96. The summed E-state index contributed by atoms with van der Waals surface area (Å²) in [6.45, 7) is 0. The van der Waals surface area contributed by atoms with Crippen molar-refractivity contribution in [3.63, 3.8) is 0 Å². The van der Waals surface area contributed by atoms with Crippen LogP contribution in [0.25, 0.3) is 0 Å². The summed E-state index contributed by atoms with van der Waals surface area (Å²) in [4.78, 5) is 22.2. The molecule has 0 saturated heterocycles. The second kappa shape index (κ2) is 4.88. The first kappa shape index (κ1) is 20.3. The molecule has 0 bridgehead atoms. The molecule has 0 heterocycles. The van der Waals surface area contributed by atoms with Gasteiger partial charge < -0.3 is 9.47 Å². The third-order valence-corrected chi connectivity index (χ3v) is 3.46. The summed E-state index contributed by atoms with van der Waals surface area (Å²) in [6, 6.07) is 0. The zero-order valence-electron chi connectivity index (χ0n) is 11.4. The van der Waals surface area contributed by atoms with Gasteiger partial charge in [-0.1, -0.05) is 0 Å². The first-order valence-electron chi connectivity index (χ1n) is 5.52. The SMILES string of the molecule is COC(=O)C1(F)C(F)(F)C(F)(F)C(F)(F)C(F)(F)C1(F)C(=O)OC. The van der Waals surface area contributed by atoms with E-state index in [1.807, 2.05) is 0 Å². The van der Waals surface area contributed by atoms with Crippen molar-refractivity contribution in [3.05, 3.63) is 0 Å². The summed E-state index contributed by atoms with van der Waals surface area (Å²) in [5.74, 6) is -35.7. The van der Waals surface area contributed by atoms with Gasteiger partial charge in [-0.15, -0.1) is 0 Å². The third kappa shape index (κ3) is 1.61. The van der Waals surface area contributed by atoms with Crippen molar-refractivity contribution in [1.29, 1.82) is 0 Å². The Balaban J connectivity index is 4.09. The van der Waals surface area contributed by atoms with E-state index in [1.165, 1.54) is 0 Å². The Morgan fingerprint density at radius 2 is 0.750 bits per heavy atom. The van der Waals surface area contributed by atoms with E-state index in [-0.39, 0.29) is 14.2 Å². The number of hydrogen-bond donors (Lipinski definition) is 0. The Hall–Kier alpha value is -1.76. The number of hydrogen-bond acceptors (Lipinski definition) is 4. The van der Waals surface area contributed by atoms with Crippen LogP contribution in [0.15, 0.2) is 0 Å². The van der Waals surface area contributed by atoms with Crippen molar-refractivity contribution in [2.45, 2.75) is 35.0 Å². The molecular weight excluding hydrogens is 374 g/mol. The topological polar surface area (TPSA) is 52.6 Å². The molecule has 0 radical (unpaired) electrons. The molecule has 0 amide bonds. The van der Waals surface area contributed by atoms with E-state index >= 15 is 0 Å². The van der Waals surface area contributed by atoms with Crippen LogP contribution in [-0.2, 0) is 19.1 Å². The maximum atomic E-state index is 14.4. The Kier molecular flexibility index (Phi) is 4.12. The fourth-order valence-electron chi connectivity index (χ4n) is 2.08.